The first-order valence-electron chi connectivity index (χ1n) is 7.21. The van der Waals surface area contributed by atoms with E-state index in [1.165, 1.54) is 4.90 Å². The highest BCUT2D eigenvalue weighted by atomic mass is 32.1. The fourth-order valence-corrected chi connectivity index (χ4v) is 2.84. The zero-order valence-electron chi connectivity index (χ0n) is 12.8. The molecule has 2 heterocycles. The summed E-state index contributed by atoms with van der Waals surface area (Å²) >= 11 is 3.66. The molecule has 0 radical (unpaired) electrons. The Kier molecular flexibility index (Phi) is 5.95. The number of thiol groups is 1. The molecule has 0 aliphatic carbocycles. The number of nitrogens with zero attached hydrogens (tertiary/aromatic N) is 2. The zero-order chi connectivity index (χ0) is 16.3. The molecule has 2 saturated heterocycles. The minimum absolute atomic E-state index is 0.0919. The molecule has 3 unspecified atom stereocenters. The van der Waals surface area contributed by atoms with Gasteiger partial charge in [-0.2, -0.15) is 0 Å². The molecule has 2 rings (SSSR count). The van der Waals surface area contributed by atoms with Crippen molar-refractivity contribution in [2.75, 3.05) is 6.54 Å². The molecule has 21 heavy (non-hydrogen) atoms. The SMILES string of the molecule is CC.CC1CC(=O)N(C2CC(C)N(CC(=O)S)C2=O)C1=O. The van der Waals surface area contributed by atoms with E-state index in [0.717, 1.165) is 4.90 Å². The van der Waals surface area contributed by atoms with Crippen molar-refractivity contribution in [1.82, 2.24) is 9.80 Å². The van der Waals surface area contributed by atoms with Crippen molar-refractivity contribution < 1.29 is 19.2 Å². The Balaban J connectivity index is 0.00000106. The number of imide groups is 1. The predicted octanol–water partition coefficient (Wildman–Crippen LogP) is 0.853. The third-order valence-electron chi connectivity index (χ3n) is 3.69. The molecule has 6 nitrogen and oxygen atoms in total. The number of hydrogen-bond donors (Lipinski definition) is 1. The number of rotatable bonds is 3. The highest BCUT2D eigenvalue weighted by Gasteiger charge is 2.48. The summed E-state index contributed by atoms with van der Waals surface area (Å²) in [6.45, 7) is 7.38. The van der Waals surface area contributed by atoms with Gasteiger partial charge in [-0.05, 0) is 13.3 Å². The summed E-state index contributed by atoms with van der Waals surface area (Å²) in [4.78, 5) is 49.5. The molecule has 3 atom stereocenters. The molecular formula is C14H22N2O4S. The van der Waals surface area contributed by atoms with E-state index < -0.39 is 11.2 Å². The fourth-order valence-electron chi connectivity index (χ4n) is 2.69. The monoisotopic (exact) mass is 314 g/mol. The molecule has 0 aromatic carbocycles. The second-order valence-corrected chi connectivity index (χ2v) is 5.67. The Morgan fingerprint density at radius 1 is 1.19 bits per heavy atom. The van der Waals surface area contributed by atoms with Crippen LogP contribution >= 0.6 is 12.6 Å². The summed E-state index contributed by atoms with van der Waals surface area (Å²) in [5, 5.41) is -0.409. The van der Waals surface area contributed by atoms with Gasteiger partial charge in [-0.3, -0.25) is 24.1 Å². The normalized spacial score (nSPS) is 28.8. The van der Waals surface area contributed by atoms with Crippen LogP contribution in [0.15, 0.2) is 0 Å². The molecule has 0 spiro atoms. The summed E-state index contributed by atoms with van der Waals surface area (Å²) in [5.41, 5.74) is 0. The number of likely N-dealkylation sites (tertiary alicyclic amines) is 2. The van der Waals surface area contributed by atoms with Crippen molar-refractivity contribution in [3.63, 3.8) is 0 Å². The molecule has 0 N–H and O–H groups in total. The van der Waals surface area contributed by atoms with Gasteiger partial charge < -0.3 is 4.90 Å². The molecule has 7 heteroatoms. The van der Waals surface area contributed by atoms with Gasteiger partial charge in [0.2, 0.25) is 22.8 Å². The van der Waals surface area contributed by atoms with Gasteiger partial charge in [-0.25, -0.2) is 0 Å². The first-order chi connectivity index (χ1) is 9.82. The Hall–Kier alpha value is -1.37. The minimum Gasteiger partial charge on any atom is -0.330 e. The summed E-state index contributed by atoms with van der Waals surface area (Å²) in [6.07, 6.45) is 0.534. The van der Waals surface area contributed by atoms with Crippen molar-refractivity contribution in [2.24, 2.45) is 5.92 Å². The summed E-state index contributed by atoms with van der Waals surface area (Å²) in [7, 11) is 0. The van der Waals surface area contributed by atoms with Crippen molar-refractivity contribution in [2.45, 2.75) is 52.6 Å². The molecule has 2 aliphatic heterocycles. The highest BCUT2D eigenvalue weighted by molar-refractivity contribution is 7.96. The predicted molar refractivity (Wildman–Crippen MR) is 80.6 cm³/mol. The summed E-state index contributed by atoms with van der Waals surface area (Å²) in [6, 6.07) is -0.933. The van der Waals surface area contributed by atoms with Crippen LogP contribution in [0.3, 0.4) is 0 Å². The van der Waals surface area contributed by atoms with E-state index in [2.05, 4.69) is 12.6 Å². The van der Waals surface area contributed by atoms with E-state index in [-0.39, 0.29) is 42.6 Å². The second-order valence-electron chi connectivity index (χ2n) is 5.17. The van der Waals surface area contributed by atoms with E-state index in [1.807, 2.05) is 13.8 Å². The summed E-state index contributed by atoms with van der Waals surface area (Å²) in [5.74, 6) is -1.31. The quantitative estimate of drug-likeness (QED) is 0.619. The van der Waals surface area contributed by atoms with E-state index >= 15 is 0 Å². The average molecular weight is 314 g/mol. The maximum atomic E-state index is 12.2. The lowest BCUT2D eigenvalue weighted by molar-refractivity contribution is -0.148. The van der Waals surface area contributed by atoms with E-state index in [1.54, 1.807) is 13.8 Å². The van der Waals surface area contributed by atoms with Crippen LogP contribution in [0.1, 0.15) is 40.5 Å². The molecular weight excluding hydrogens is 292 g/mol. The highest BCUT2D eigenvalue weighted by Crippen LogP contribution is 2.29. The number of hydrogen-bond acceptors (Lipinski definition) is 4. The van der Waals surface area contributed by atoms with Gasteiger partial charge in [0.1, 0.15) is 6.04 Å². The molecule has 0 aromatic heterocycles. The lowest BCUT2D eigenvalue weighted by Gasteiger charge is -2.22. The smallest absolute Gasteiger partial charge is 0.246 e. The fraction of sp³-hybridized carbons (Fsp3) is 0.714. The van der Waals surface area contributed by atoms with Crippen LogP contribution in [-0.2, 0) is 19.2 Å². The molecule has 0 bridgehead atoms. The first kappa shape index (κ1) is 17.7. The van der Waals surface area contributed by atoms with Crippen molar-refractivity contribution in [1.29, 1.82) is 0 Å². The average Bonchev–Trinajstić information content (AvgIpc) is 2.82. The molecule has 2 aliphatic rings. The van der Waals surface area contributed by atoms with Gasteiger partial charge in [-0.1, -0.05) is 20.8 Å². The van der Waals surface area contributed by atoms with Crippen LogP contribution < -0.4 is 0 Å². The Bertz CT molecular complexity index is 466. The Labute approximate surface area is 130 Å². The van der Waals surface area contributed by atoms with Crippen LogP contribution in [0, 0.1) is 5.92 Å². The Morgan fingerprint density at radius 2 is 1.76 bits per heavy atom. The van der Waals surface area contributed by atoms with E-state index in [9.17, 15) is 19.2 Å². The third-order valence-corrected chi connectivity index (χ3v) is 3.83. The number of carbonyl (C=O) groups excluding carboxylic acids is 4. The molecule has 3 amide bonds. The van der Waals surface area contributed by atoms with Crippen LogP contribution in [0.5, 0.6) is 0 Å². The van der Waals surface area contributed by atoms with Crippen LogP contribution in [0.25, 0.3) is 0 Å². The van der Waals surface area contributed by atoms with Crippen molar-refractivity contribution in [3.05, 3.63) is 0 Å². The van der Waals surface area contributed by atoms with Gasteiger partial charge in [0.15, 0.2) is 0 Å². The molecule has 0 aromatic rings. The maximum Gasteiger partial charge on any atom is 0.246 e. The van der Waals surface area contributed by atoms with Gasteiger partial charge in [-0.15, -0.1) is 12.6 Å². The topological polar surface area (TPSA) is 74.8 Å². The van der Waals surface area contributed by atoms with Gasteiger partial charge in [0, 0.05) is 18.4 Å². The van der Waals surface area contributed by atoms with Crippen LogP contribution in [0.4, 0.5) is 0 Å². The van der Waals surface area contributed by atoms with Crippen molar-refractivity contribution >= 4 is 35.5 Å². The number of amides is 3. The van der Waals surface area contributed by atoms with Gasteiger partial charge in [0.05, 0.1) is 6.54 Å². The third kappa shape index (κ3) is 3.45. The Morgan fingerprint density at radius 3 is 2.19 bits per heavy atom. The minimum atomic E-state index is -0.757. The lowest BCUT2D eigenvalue weighted by Crippen LogP contribution is -2.46. The molecule has 118 valence electrons. The maximum absolute atomic E-state index is 12.2. The van der Waals surface area contributed by atoms with Gasteiger partial charge in [0.25, 0.3) is 0 Å². The van der Waals surface area contributed by atoms with Crippen LogP contribution in [0.2, 0.25) is 0 Å². The van der Waals surface area contributed by atoms with E-state index in [4.69, 9.17) is 0 Å². The molecule has 0 saturated carbocycles. The number of carbonyl (C=O) groups is 4. The lowest BCUT2D eigenvalue weighted by atomic mass is 10.1. The standard InChI is InChI=1S/C12H16N2O4S.C2H6/c1-6-3-9(15)14(11(6)17)8-4-7(2)13(12(8)18)5-10(16)19;1-2/h6-8H,3-5H2,1-2H3,(H,16,19);1-2H3. The zero-order valence-corrected chi connectivity index (χ0v) is 13.7. The van der Waals surface area contributed by atoms with Gasteiger partial charge >= 0.3 is 0 Å². The van der Waals surface area contributed by atoms with Crippen molar-refractivity contribution in [3.8, 4) is 0 Å². The largest absolute Gasteiger partial charge is 0.330 e. The second kappa shape index (κ2) is 7.06. The first-order valence-corrected chi connectivity index (χ1v) is 7.65. The summed E-state index contributed by atoms with van der Waals surface area (Å²) < 4.78 is 0. The van der Waals surface area contributed by atoms with E-state index in [0.29, 0.717) is 6.42 Å². The molecule has 2 fully saturated rings. The van der Waals surface area contributed by atoms with Crippen LogP contribution in [-0.4, -0.2) is 51.3 Å².